The second kappa shape index (κ2) is 6.54. The lowest BCUT2D eigenvalue weighted by Gasteiger charge is -2.19. The quantitative estimate of drug-likeness (QED) is 0.678. The lowest BCUT2D eigenvalue weighted by Crippen LogP contribution is -2.47. The number of amides is 1. The molecule has 1 aromatic carbocycles. The average Bonchev–Trinajstić information content (AvgIpc) is 2.34. The van der Waals surface area contributed by atoms with E-state index < -0.39 is 27.9 Å². The summed E-state index contributed by atoms with van der Waals surface area (Å²) in [6.45, 7) is 3.31. The molecule has 0 bridgehead atoms. The van der Waals surface area contributed by atoms with Gasteiger partial charge in [0.05, 0.1) is 10.5 Å². The van der Waals surface area contributed by atoms with Crippen LogP contribution in [0.25, 0.3) is 0 Å². The number of aromatic carboxylic acids is 1. The lowest BCUT2D eigenvalue weighted by atomic mass is 10.1. The summed E-state index contributed by atoms with van der Waals surface area (Å²) in [4.78, 5) is 21.9. The number of sulfonamides is 1. The predicted octanol–water partition coefficient (Wildman–Crippen LogP) is 0.935. The van der Waals surface area contributed by atoms with Gasteiger partial charge in [-0.3, -0.25) is 4.79 Å². The molecule has 1 aromatic rings. The zero-order chi connectivity index (χ0) is 16.4. The van der Waals surface area contributed by atoms with Gasteiger partial charge in [-0.2, -0.15) is 4.72 Å². The van der Waals surface area contributed by atoms with Crippen molar-refractivity contribution in [3.05, 3.63) is 28.2 Å². The molecule has 4 N–H and O–H groups in total. The minimum Gasteiger partial charge on any atom is -0.478 e. The van der Waals surface area contributed by atoms with Crippen LogP contribution in [-0.2, 0) is 14.8 Å². The SMILES string of the molecule is CC(C)C(NS(=O)(=O)c1ccc(C(=O)O)cc1Br)C(N)=O. The predicted molar refractivity (Wildman–Crippen MR) is 79.2 cm³/mol. The van der Waals surface area contributed by atoms with Crippen molar-refractivity contribution in [2.75, 3.05) is 0 Å². The Morgan fingerprint density at radius 1 is 1.33 bits per heavy atom. The molecule has 1 unspecified atom stereocenters. The molecule has 1 amide bonds. The first kappa shape index (κ1) is 17.6. The van der Waals surface area contributed by atoms with Crippen molar-refractivity contribution in [3.63, 3.8) is 0 Å². The normalized spacial score (nSPS) is 13.1. The van der Waals surface area contributed by atoms with Crippen molar-refractivity contribution in [2.24, 2.45) is 11.7 Å². The molecule has 1 rings (SSSR count). The van der Waals surface area contributed by atoms with Crippen molar-refractivity contribution in [1.82, 2.24) is 4.72 Å². The molecular formula is C12H15BrN2O5S. The van der Waals surface area contributed by atoms with Crippen LogP contribution in [0, 0.1) is 5.92 Å². The summed E-state index contributed by atoms with van der Waals surface area (Å²) in [5, 5.41) is 8.85. The lowest BCUT2D eigenvalue weighted by molar-refractivity contribution is -0.120. The number of carbonyl (C=O) groups is 2. The van der Waals surface area contributed by atoms with Crippen LogP contribution in [0.4, 0.5) is 0 Å². The second-order valence-electron chi connectivity index (χ2n) is 4.70. The summed E-state index contributed by atoms with van der Waals surface area (Å²) in [5.74, 6) is -2.29. The zero-order valence-corrected chi connectivity index (χ0v) is 13.7. The van der Waals surface area contributed by atoms with E-state index in [-0.39, 0.29) is 20.8 Å². The highest BCUT2D eigenvalue weighted by atomic mass is 79.9. The Morgan fingerprint density at radius 3 is 2.29 bits per heavy atom. The summed E-state index contributed by atoms with van der Waals surface area (Å²) in [5.41, 5.74) is 5.11. The van der Waals surface area contributed by atoms with Crippen LogP contribution in [0.1, 0.15) is 24.2 Å². The van der Waals surface area contributed by atoms with Crippen LogP contribution in [0.2, 0.25) is 0 Å². The van der Waals surface area contributed by atoms with E-state index in [2.05, 4.69) is 20.7 Å². The maximum atomic E-state index is 12.3. The minimum atomic E-state index is -4.01. The van der Waals surface area contributed by atoms with Crippen LogP contribution in [0.3, 0.4) is 0 Å². The van der Waals surface area contributed by atoms with Crippen LogP contribution in [0.5, 0.6) is 0 Å². The molecular weight excluding hydrogens is 364 g/mol. The molecule has 0 fully saturated rings. The van der Waals surface area contributed by atoms with E-state index >= 15 is 0 Å². The van der Waals surface area contributed by atoms with Gasteiger partial charge in [-0.25, -0.2) is 13.2 Å². The highest BCUT2D eigenvalue weighted by molar-refractivity contribution is 9.10. The van der Waals surface area contributed by atoms with E-state index in [1.807, 2.05) is 0 Å². The van der Waals surface area contributed by atoms with E-state index in [1.165, 1.54) is 6.07 Å². The number of primary amides is 1. The van der Waals surface area contributed by atoms with Crippen molar-refractivity contribution in [1.29, 1.82) is 0 Å². The maximum Gasteiger partial charge on any atom is 0.335 e. The largest absolute Gasteiger partial charge is 0.478 e. The number of halogens is 1. The van der Waals surface area contributed by atoms with Gasteiger partial charge < -0.3 is 10.8 Å². The topological polar surface area (TPSA) is 127 Å². The van der Waals surface area contributed by atoms with Gasteiger partial charge >= 0.3 is 5.97 Å². The van der Waals surface area contributed by atoms with Gasteiger partial charge in [-0.1, -0.05) is 13.8 Å². The third kappa shape index (κ3) is 4.26. The molecule has 0 aliphatic carbocycles. The molecule has 7 nitrogen and oxygen atoms in total. The van der Waals surface area contributed by atoms with Crippen LogP contribution in [-0.4, -0.2) is 31.4 Å². The molecule has 1 atom stereocenters. The second-order valence-corrected chi connectivity index (χ2v) is 7.23. The molecule has 9 heteroatoms. The van der Waals surface area contributed by atoms with Gasteiger partial charge in [0.1, 0.15) is 6.04 Å². The van der Waals surface area contributed by atoms with E-state index in [0.717, 1.165) is 12.1 Å². The van der Waals surface area contributed by atoms with Crippen LogP contribution >= 0.6 is 15.9 Å². The molecule has 0 saturated carbocycles. The van der Waals surface area contributed by atoms with Gasteiger partial charge in [0.25, 0.3) is 0 Å². The zero-order valence-electron chi connectivity index (χ0n) is 11.3. The monoisotopic (exact) mass is 378 g/mol. The van der Waals surface area contributed by atoms with Gasteiger partial charge in [-0.15, -0.1) is 0 Å². The molecule has 0 spiro atoms. The van der Waals surface area contributed by atoms with Gasteiger partial charge in [0, 0.05) is 4.47 Å². The average molecular weight is 379 g/mol. The standard InChI is InChI=1S/C12H15BrN2O5S/c1-6(2)10(11(14)16)15-21(19,20)9-4-3-7(12(17)18)5-8(9)13/h3-6,10,15H,1-2H3,(H2,14,16)(H,17,18). The number of hydrogen-bond acceptors (Lipinski definition) is 4. The smallest absolute Gasteiger partial charge is 0.335 e. The summed E-state index contributed by atoms with van der Waals surface area (Å²) < 4.78 is 26.8. The van der Waals surface area contributed by atoms with Crippen molar-refractivity contribution >= 4 is 37.8 Å². The third-order valence-electron chi connectivity index (χ3n) is 2.72. The van der Waals surface area contributed by atoms with E-state index in [4.69, 9.17) is 10.8 Å². The molecule has 21 heavy (non-hydrogen) atoms. The number of benzene rings is 1. The first-order chi connectivity index (χ1) is 9.56. The van der Waals surface area contributed by atoms with Crippen molar-refractivity contribution in [3.8, 4) is 0 Å². The fourth-order valence-corrected chi connectivity index (χ4v) is 4.04. The Labute approximate surface area is 130 Å². The Balaban J connectivity index is 3.19. The minimum absolute atomic E-state index is 0.0591. The number of carboxylic acids is 1. The number of nitrogens with one attached hydrogen (secondary N) is 1. The third-order valence-corrected chi connectivity index (χ3v) is 5.14. The summed E-state index contributed by atoms with van der Waals surface area (Å²) >= 11 is 3.02. The Morgan fingerprint density at radius 2 is 1.90 bits per heavy atom. The van der Waals surface area contributed by atoms with Gasteiger partial charge in [-0.05, 0) is 40.0 Å². The molecule has 116 valence electrons. The summed E-state index contributed by atoms with van der Waals surface area (Å²) in [6.07, 6.45) is 0. The highest BCUT2D eigenvalue weighted by Gasteiger charge is 2.28. The molecule has 0 radical (unpaired) electrons. The molecule has 0 heterocycles. The van der Waals surface area contributed by atoms with Gasteiger partial charge in [0.2, 0.25) is 15.9 Å². The van der Waals surface area contributed by atoms with Crippen LogP contribution < -0.4 is 10.5 Å². The van der Waals surface area contributed by atoms with Gasteiger partial charge in [0.15, 0.2) is 0 Å². The summed E-state index contributed by atoms with van der Waals surface area (Å²) in [7, 11) is -4.01. The van der Waals surface area contributed by atoms with Crippen molar-refractivity contribution in [2.45, 2.75) is 24.8 Å². The maximum absolute atomic E-state index is 12.3. The van der Waals surface area contributed by atoms with Crippen LogP contribution in [0.15, 0.2) is 27.6 Å². The highest BCUT2D eigenvalue weighted by Crippen LogP contribution is 2.24. The fraction of sp³-hybridized carbons (Fsp3) is 0.333. The Kier molecular flexibility index (Phi) is 5.48. The first-order valence-corrected chi connectivity index (χ1v) is 8.18. The summed E-state index contributed by atoms with van der Waals surface area (Å²) in [6, 6.07) is 2.43. The first-order valence-electron chi connectivity index (χ1n) is 5.90. The number of carbonyl (C=O) groups excluding carboxylic acids is 1. The molecule has 0 aliphatic rings. The molecule has 0 aromatic heterocycles. The van der Waals surface area contributed by atoms with E-state index in [0.29, 0.717) is 0 Å². The number of nitrogens with two attached hydrogens (primary N) is 1. The Hall–Kier alpha value is -1.45. The fourth-order valence-electron chi connectivity index (χ4n) is 1.61. The van der Waals surface area contributed by atoms with E-state index in [1.54, 1.807) is 13.8 Å². The number of rotatable bonds is 6. The number of carboxylic acid groups (broad SMARTS) is 1. The van der Waals surface area contributed by atoms with E-state index in [9.17, 15) is 18.0 Å². The van der Waals surface area contributed by atoms with Crippen molar-refractivity contribution < 1.29 is 23.1 Å². The Bertz CT molecular complexity index is 672. The molecule has 0 saturated heterocycles. The number of hydrogen-bond donors (Lipinski definition) is 3. The molecule has 0 aliphatic heterocycles.